The average molecular weight is 485 g/mol. The minimum Gasteiger partial charge on any atom is -0.394 e. The molecule has 7 atom stereocenters. The molecule has 6 nitrogen and oxygen atoms in total. The van der Waals surface area contributed by atoms with Crippen molar-refractivity contribution in [1.82, 2.24) is 0 Å². The molecule has 6 heteroatoms. The van der Waals surface area contributed by atoms with Gasteiger partial charge in [0.2, 0.25) is 0 Å². The number of aryl methyl sites for hydroxylation is 2. The number of hydrogen-bond donors (Lipinski definition) is 2. The molecule has 0 bridgehead atoms. The quantitative estimate of drug-likeness (QED) is 0.494. The Balaban J connectivity index is 1.59. The van der Waals surface area contributed by atoms with Gasteiger partial charge in [0.25, 0.3) is 0 Å². The van der Waals surface area contributed by atoms with Crippen LogP contribution < -0.4 is 0 Å². The van der Waals surface area contributed by atoms with Crippen molar-refractivity contribution in [1.29, 1.82) is 0 Å². The normalized spacial score (nSPS) is 29.5. The summed E-state index contributed by atoms with van der Waals surface area (Å²) in [5.41, 5.74) is 4.34. The summed E-state index contributed by atoms with van der Waals surface area (Å²) < 4.78 is 25.5. The van der Waals surface area contributed by atoms with Gasteiger partial charge in [0.15, 0.2) is 12.6 Å². The molecule has 2 aromatic rings. The van der Waals surface area contributed by atoms with Gasteiger partial charge in [-0.2, -0.15) is 0 Å². The molecule has 2 saturated heterocycles. The van der Waals surface area contributed by atoms with Crippen LogP contribution in [0.15, 0.2) is 48.5 Å². The van der Waals surface area contributed by atoms with Crippen LogP contribution in [-0.2, 0) is 31.8 Å². The molecule has 0 saturated carbocycles. The lowest BCUT2D eigenvalue weighted by Crippen LogP contribution is -2.61. The molecule has 2 fully saturated rings. The van der Waals surface area contributed by atoms with Gasteiger partial charge in [-0.1, -0.05) is 88.6 Å². The maximum Gasteiger partial charge on any atom is 0.184 e. The van der Waals surface area contributed by atoms with Crippen molar-refractivity contribution in [3.05, 3.63) is 70.8 Å². The van der Waals surface area contributed by atoms with Crippen LogP contribution in [0.3, 0.4) is 0 Å². The van der Waals surface area contributed by atoms with E-state index < -0.39 is 43.6 Å². The highest BCUT2D eigenvalue weighted by molar-refractivity contribution is 5.25. The van der Waals surface area contributed by atoms with E-state index in [2.05, 4.69) is 45.0 Å². The fraction of sp³-hybridized carbons (Fsp3) is 0.586. The van der Waals surface area contributed by atoms with E-state index in [-0.39, 0.29) is 6.10 Å². The summed E-state index contributed by atoms with van der Waals surface area (Å²) >= 11 is 0. The predicted octanol–water partition coefficient (Wildman–Crippen LogP) is 5.01. The van der Waals surface area contributed by atoms with Crippen LogP contribution in [0.2, 0.25) is 0 Å². The Kier molecular flexibility index (Phi) is 9.34. The molecule has 0 radical (unpaired) electrons. The van der Waals surface area contributed by atoms with Gasteiger partial charge >= 0.3 is 0 Å². The van der Waals surface area contributed by atoms with E-state index in [0.29, 0.717) is 0 Å². The molecular weight excluding hydrogens is 444 g/mol. The predicted molar refractivity (Wildman–Crippen MR) is 134 cm³/mol. The van der Waals surface area contributed by atoms with Crippen molar-refractivity contribution >= 4 is 0 Å². The first-order valence-electron chi connectivity index (χ1n) is 13.2. The molecule has 4 rings (SSSR count). The second-order valence-corrected chi connectivity index (χ2v) is 9.66. The Labute approximate surface area is 209 Å². The summed E-state index contributed by atoms with van der Waals surface area (Å²) in [6.07, 6.45) is 1.61. The fourth-order valence-corrected chi connectivity index (χ4v) is 5.03. The number of hydrogen-bond acceptors (Lipinski definition) is 6. The van der Waals surface area contributed by atoms with Crippen LogP contribution in [0.1, 0.15) is 81.3 Å². The van der Waals surface area contributed by atoms with E-state index in [1.807, 2.05) is 24.3 Å². The van der Waals surface area contributed by atoms with Crippen molar-refractivity contribution in [3.63, 3.8) is 0 Å². The Hall–Kier alpha value is -1.80. The van der Waals surface area contributed by atoms with Gasteiger partial charge in [0.1, 0.15) is 24.4 Å². The molecule has 2 aliphatic heterocycles. The van der Waals surface area contributed by atoms with Crippen LogP contribution in [0.25, 0.3) is 0 Å². The Morgan fingerprint density at radius 1 is 0.686 bits per heavy atom. The second-order valence-electron chi connectivity index (χ2n) is 9.66. The first kappa shape index (κ1) is 26.3. The topological polar surface area (TPSA) is 77.4 Å². The first-order chi connectivity index (χ1) is 17.1. The van der Waals surface area contributed by atoms with Crippen LogP contribution in [0.5, 0.6) is 0 Å². The van der Waals surface area contributed by atoms with Crippen LogP contribution >= 0.6 is 0 Å². The van der Waals surface area contributed by atoms with E-state index in [4.69, 9.17) is 18.9 Å². The van der Waals surface area contributed by atoms with Gasteiger partial charge in [-0.15, -0.1) is 0 Å². The third-order valence-corrected chi connectivity index (χ3v) is 6.88. The number of aliphatic hydroxyl groups is 2. The first-order valence-corrected chi connectivity index (χ1v) is 13.2. The zero-order valence-electron chi connectivity index (χ0n) is 21.1. The third kappa shape index (κ3) is 6.13. The van der Waals surface area contributed by atoms with Crippen LogP contribution in [0.4, 0.5) is 0 Å². The molecule has 35 heavy (non-hydrogen) atoms. The zero-order chi connectivity index (χ0) is 24.8. The van der Waals surface area contributed by atoms with Gasteiger partial charge in [0.05, 0.1) is 12.7 Å². The summed E-state index contributed by atoms with van der Waals surface area (Å²) in [7, 11) is 0. The number of ether oxygens (including phenoxy) is 4. The van der Waals surface area contributed by atoms with Crippen LogP contribution in [-0.4, -0.2) is 47.3 Å². The largest absolute Gasteiger partial charge is 0.394 e. The van der Waals surface area contributed by atoms with Gasteiger partial charge in [-0.3, -0.25) is 0 Å². The van der Waals surface area contributed by atoms with E-state index in [1.54, 1.807) is 0 Å². The standard InChI is InChI=1S/C29H40O6/c1-4-7-19-10-14-21(15-11-19)28-32-24(9-6-3)26-27(35-28)25(23(31)18-30)33-29(34-26)22-16-12-20(8-5-2)13-17-22/h10-17,23-31H,4-9,18H2,1-3H3/t23-,24?,25-,26?,27+,28?,29?/m0/s1. The number of aliphatic hydroxyl groups excluding tert-OH is 2. The summed E-state index contributed by atoms with van der Waals surface area (Å²) in [6, 6.07) is 16.5. The molecular formula is C29H40O6. The molecule has 0 aromatic heterocycles. The number of benzene rings is 2. The SMILES string of the molecule is CCCc1ccc(C2OC3C(CCC)OC(c4ccc(CCC)cc4)O[C@@H]3[C@H]([C@@H](O)CO)O2)cc1. The van der Waals surface area contributed by atoms with Crippen molar-refractivity contribution in [2.24, 2.45) is 0 Å². The highest BCUT2D eigenvalue weighted by Gasteiger charge is 2.51. The molecule has 0 amide bonds. The lowest BCUT2D eigenvalue weighted by molar-refractivity contribution is -0.391. The Morgan fingerprint density at radius 3 is 1.69 bits per heavy atom. The lowest BCUT2D eigenvalue weighted by atomic mass is 9.93. The molecule has 2 aromatic carbocycles. The smallest absolute Gasteiger partial charge is 0.184 e. The Morgan fingerprint density at radius 2 is 1.20 bits per heavy atom. The second kappa shape index (κ2) is 12.4. The average Bonchev–Trinajstić information content (AvgIpc) is 2.89. The zero-order valence-corrected chi connectivity index (χ0v) is 21.1. The van der Waals surface area contributed by atoms with Crippen molar-refractivity contribution < 1.29 is 29.2 Å². The van der Waals surface area contributed by atoms with Gasteiger partial charge in [-0.05, 0) is 30.4 Å². The molecule has 2 N–H and O–H groups in total. The van der Waals surface area contributed by atoms with Gasteiger partial charge in [-0.25, -0.2) is 0 Å². The van der Waals surface area contributed by atoms with E-state index in [1.165, 1.54) is 11.1 Å². The summed E-state index contributed by atoms with van der Waals surface area (Å²) in [6.45, 7) is 6.02. The maximum absolute atomic E-state index is 10.7. The van der Waals surface area contributed by atoms with E-state index >= 15 is 0 Å². The molecule has 4 unspecified atom stereocenters. The minimum absolute atomic E-state index is 0.224. The minimum atomic E-state index is -1.10. The highest BCUT2D eigenvalue weighted by Crippen LogP contribution is 2.42. The molecule has 2 heterocycles. The van der Waals surface area contributed by atoms with Crippen molar-refractivity contribution in [2.45, 2.75) is 102 Å². The van der Waals surface area contributed by atoms with Crippen LogP contribution in [0, 0.1) is 0 Å². The summed E-state index contributed by atoms with van der Waals surface area (Å²) in [5.74, 6) is 0. The summed E-state index contributed by atoms with van der Waals surface area (Å²) in [5, 5.41) is 20.5. The van der Waals surface area contributed by atoms with Gasteiger partial charge < -0.3 is 29.2 Å². The van der Waals surface area contributed by atoms with Crippen molar-refractivity contribution in [2.75, 3.05) is 6.61 Å². The summed E-state index contributed by atoms with van der Waals surface area (Å²) in [4.78, 5) is 0. The Bertz CT molecular complexity index is 898. The third-order valence-electron chi connectivity index (χ3n) is 6.88. The van der Waals surface area contributed by atoms with Crippen molar-refractivity contribution in [3.8, 4) is 0 Å². The van der Waals surface area contributed by atoms with E-state index in [0.717, 1.165) is 49.7 Å². The fourth-order valence-electron chi connectivity index (χ4n) is 5.03. The molecule has 2 aliphatic rings. The number of rotatable bonds is 10. The molecule has 0 spiro atoms. The molecule has 0 aliphatic carbocycles. The van der Waals surface area contributed by atoms with Gasteiger partial charge in [0, 0.05) is 11.1 Å². The maximum atomic E-state index is 10.7. The number of fused-ring (bicyclic) bond motifs is 1. The van der Waals surface area contributed by atoms with E-state index in [9.17, 15) is 10.2 Å². The monoisotopic (exact) mass is 484 g/mol. The molecule has 192 valence electrons. The lowest BCUT2D eigenvalue weighted by Gasteiger charge is -2.50. The highest BCUT2D eigenvalue weighted by atomic mass is 16.8.